The van der Waals surface area contributed by atoms with Gasteiger partial charge in [-0.3, -0.25) is 0 Å². The number of hydrogen-bond acceptors (Lipinski definition) is 1. The molecule has 0 N–H and O–H groups in total. The summed E-state index contributed by atoms with van der Waals surface area (Å²) in [5.41, 5.74) is 2.93. The Hall–Kier alpha value is -2.54. The molecule has 0 aromatic heterocycles. The Morgan fingerprint density at radius 3 is 1.81 bits per heavy atom. The van der Waals surface area contributed by atoms with E-state index < -0.39 is 0 Å². The second-order valence-corrected chi connectivity index (χ2v) is 4.00. The van der Waals surface area contributed by atoms with Gasteiger partial charge in [-0.05, 0) is 44.2 Å². The second-order valence-electron chi connectivity index (χ2n) is 4.00. The third kappa shape index (κ3) is 5.96. The molecule has 110 valence electrons. The molecule has 0 amide bonds. The molecule has 0 spiro atoms. The lowest BCUT2D eigenvalue weighted by Crippen LogP contribution is -2.19. The fourth-order valence-corrected chi connectivity index (χ4v) is 1.76. The van der Waals surface area contributed by atoms with Crippen molar-refractivity contribution >= 4 is 0 Å². The van der Waals surface area contributed by atoms with E-state index in [1.165, 1.54) is 0 Å². The van der Waals surface area contributed by atoms with Crippen LogP contribution in [0.3, 0.4) is 0 Å². The highest BCUT2D eigenvalue weighted by Crippen LogP contribution is 2.23. The van der Waals surface area contributed by atoms with Gasteiger partial charge in [0, 0.05) is 17.1 Å². The van der Waals surface area contributed by atoms with Crippen LogP contribution in [0, 0.1) is 0 Å². The number of hydrogen-bond donors (Lipinski definition) is 0. The molecule has 0 fully saturated rings. The van der Waals surface area contributed by atoms with E-state index in [1.807, 2.05) is 56.4 Å². The molecule has 0 aromatic rings. The molecule has 0 unspecified atom stereocenters. The third-order valence-electron chi connectivity index (χ3n) is 2.60. The van der Waals surface area contributed by atoms with Crippen LogP contribution in [-0.4, -0.2) is 4.90 Å². The fourth-order valence-electron chi connectivity index (χ4n) is 1.76. The van der Waals surface area contributed by atoms with E-state index in [9.17, 15) is 0 Å². The molecule has 0 saturated carbocycles. The number of nitrogens with zero attached hydrogens (tertiary/aromatic N) is 1. The molecule has 0 heterocycles. The van der Waals surface area contributed by atoms with Gasteiger partial charge in [-0.25, -0.2) is 0 Å². The topological polar surface area (TPSA) is 3.24 Å². The molecule has 0 atom stereocenters. The van der Waals surface area contributed by atoms with Crippen molar-refractivity contribution in [2.24, 2.45) is 0 Å². The molecule has 0 aliphatic carbocycles. The highest BCUT2D eigenvalue weighted by atomic mass is 15.2. The quantitative estimate of drug-likeness (QED) is 0.479. The first kappa shape index (κ1) is 18.5. The Morgan fingerprint density at radius 2 is 1.38 bits per heavy atom. The summed E-state index contributed by atoms with van der Waals surface area (Å²) < 4.78 is 0. The summed E-state index contributed by atoms with van der Waals surface area (Å²) in [7, 11) is 0. The summed E-state index contributed by atoms with van der Waals surface area (Å²) in [4.78, 5) is 2.08. The minimum Gasteiger partial charge on any atom is -0.311 e. The summed E-state index contributed by atoms with van der Waals surface area (Å²) in [5.74, 6) is 0. The van der Waals surface area contributed by atoms with E-state index in [-0.39, 0.29) is 0 Å². The van der Waals surface area contributed by atoms with Crippen molar-refractivity contribution in [1.29, 1.82) is 0 Å². The van der Waals surface area contributed by atoms with E-state index in [2.05, 4.69) is 31.2 Å². The molecule has 1 heteroatoms. The first-order valence-corrected chi connectivity index (χ1v) is 6.86. The minimum atomic E-state index is 0.929. The summed E-state index contributed by atoms with van der Waals surface area (Å²) >= 11 is 0. The van der Waals surface area contributed by atoms with Crippen LogP contribution in [0.25, 0.3) is 0 Å². The van der Waals surface area contributed by atoms with Crippen molar-refractivity contribution in [2.45, 2.75) is 13.8 Å². The Labute approximate surface area is 129 Å². The molecule has 0 aromatic carbocycles. The average Bonchev–Trinajstić information content (AvgIpc) is 2.49. The Balaban J connectivity index is 6.15. The van der Waals surface area contributed by atoms with E-state index in [4.69, 9.17) is 0 Å². The zero-order valence-electron chi connectivity index (χ0n) is 13.1. The summed E-state index contributed by atoms with van der Waals surface area (Å²) in [6, 6.07) is 0. The van der Waals surface area contributed by atoms with E-state index in [0.29, 0.717) is 0 Å². The molecular weight excluding hydrogens is 254 g/mol. The summed E-state index contributed by atoms with van der Waals surface area (Å²) in [6.45, 7) is 19.1. The lowest BCUT2D eigenvalue weighted by Gasteiger charge is -2.28. The molecule has 1 nitrogen and oxygen atoms in total. The van der Waals surface area contributed by atoms with Gasteiger partial charge in [0.1, 0.15) is 0 Å². The first-order valence-electron chi connectivity index (χ1n) is 6.86. The monoisotopic (exact) mass is 279 g/mol. The molecule has 0 aliphatic heterocycles. The maximum absolute atomic E-state index is 3.89. The Morgan fingerprint density at radius 1 is 0.762 bits per heavy atom. The maximum atomic E-state index is 3.89. The van der Waals surface area contributed by atoms with Crippen LogP contribution in [-0.2, 0) is 0 Å². The third-order valence-corrected chi connectivity index (χ3v) is 2.60. The minimum absolute atomic E-state index is 0.929. The van der Waals surface area contributed by atoms with Gasteiger partial charge in [-0.15, -0.1) is 0 Å². The molecule has 21 heavy (non-hydrogen) atoms. The predicted molar refractivity (Wildman–Crippen MR) is 96.5 cm³/mol. The van der Waals surface area contributed by atoms with Crippen molar-refractivity contribution < 1.29 is 0 Å². The largest absolute Gasteiger partial charge is 0.311 e. The van der Waals surface area contributed by atoms with Crippen molar-refractivity contribution in [2.75, 3.05) is 0 Å². The van der Waals surface area contributed by atoms with Gasteiger partial charge in [0.05, 0.1) is 0 Å². The van der Waals surface area contributed by atoms with Crippen LogP contribution >= 0.6 is 0 Å². The lowest BCUT2D eigenvalue weighted by molar-refractivity contribution is 0.577. The second kappa shape index (κ2) is 11.3. The summed E-state index contributed by atoms with van der Waals surface area (Å²) in [5, 5.41) is 0. The maximum Gasteiger partial charge on any atom is 0.0457 e. The summed E-state index contributed by atoms with van der Waals surface area (Å²) in [6.07, 6.45) is 20.9. The van der Waals surface area contributed by atoms with E-state index in [1.54, 1.807) is 24.3 Å². The number of allylic oxidation sites excluding steroid dienone is 11. The molecule has 0 radical (unpaired) electrons. The predicted octanol–water partition coefficient (Wildman–Crippen LogP) is 5.84. The van der Waals surface area contributed by atoms with Gasteiger partial charge >= 0.3 is 0 Å². The lowest BCUT2D eigenvalue weighted by atomic mass is 10.2. The van der Waals surface area contributed by atoms with Crippen molar-refractivity contribution in [3.63, 3.8) is 0 Å². The standard InChI is InChI=1S/C20H25N/c1-7-13-17-19(12-6)21(18(11-5)14-8-2)20(15-9-3)16-10-4/h7-17H,1-3,5H2,4,6H3/b16-10-,17-13-,18-14+,19-12+,20-15+. The first-order chi connectivity index (χ1) is 10.2. The zero-order valence-corrected chi connectivity index (χ0v) is 13.1. The molecular formula is C20H25N. The van der Waals surface area contributed by atoms with Gasteiger partial charge in [0.2, 0.25) is 0 Å². The Kier molecular flexibility index (Phi) is 9.93. The smallest absolute Gasteiger partial charge is 0.0457 e. The highest BCUT2D eigenvalue weighted by Gasteiger charge is 2.12. The highest BCUT2D eigenvalue weighted by molar-refractivity contribution is 5.40. The van der Waals surface area contributed by atoms with Gasteiger partial charge in [-0.2, -0.15) is 0 Å². The van der Waals surface area contributed by atoms with Gasteiger partial charge in [0.15, 0.2) is 0 Å². The van der Waals surface area contributed by atoms with E-state index >= 15 is 0 Å². The van der Waals surface area contributed by atoms with E-state index in [0.717, 1.165) is 17.1 Å². The van der Waals surface area contributed by atoms with Crippen molar-refractivity contribution in [1.82, 2.24) is 4.90 Å². The Bertz CT molecular complexity index is 522. The molecule has 0 rings (SSSR count). The van der Waals surface area contributed by atoms with Crippen LogP contribution in [0.1, 0.15) is 13.8 Å². The fraction of sp³-hybridized carbons (Fsp3) is 0.100. The SMILES string of the molecule is C=C/C=C\C(=C/C)N(/C(C=C)=C/C=C)C(/C=C\C)=C/C=C. The van der Waals surface area contributed by atoms with Gasteiger partial charge in [0.25, 0.3) is 0 Å². The number of rotatable bonds is 9. The van der Waals surface area contributed by atoms with Crippen LogP contribution in [0.4, 0.5) is 0 Å². The average molecular weight is 279 g/mol. The molecule has 0 saturated heterocycles. The van der Waals surface area contributed by atoms with Crippen LogP contribution in [0.5, 0.6) is 0 Å². The molecule has 0 bridgehead atoms. The van der Waals surface area contributed by atoms with Crippen molar-refractivity contribution in [3.05, 3.63) is 110 Å². The van der Waals surface area contributed by atoms with Gasteiger partial charge < -0.3 is 4.90 Å². The van der Waals surface area contributed by atoms with Crippen LogP contribution < -0.4 is 0 Å². The molecule has 0 aliphatic rings. The normalized spacial score (nSPS) is 13.5. The van der Waals surface area contributed by atoms with Crippen molar-refractivity contribution in [3.8, 4) is 0 Å². The van der Waals surface area contributed by atoms with Gasteiger partial charge in [-0.1, -0.05) is 62.8 Å². The van der Waals surface area contributed by atoms with Crippen LogP contribution in [0.2, 0.25) is 0 Å². The van der Waals surface area contributed by atoms with Crippen LogP contribution in [0.15, 0.2) is 110 Å². The zero-order chi connectivity index (χ0) is 16.1.